The Hall–Kier alpha value is -0.640. The van der Waals surface area contributed by atoms with Crippen LogP contribution in [0, 0.1) is 11.3 Å². The molecule has 1 atom stereocenters. The van der Waals surface area contributed by atoms with Gasteiger partial charge in [0.25, 0.3) is 0 Å². The number of sulfonamides is 1. The van der Waals surface area contributed by atoms with Crippen LogP contribution in [0.15, 0.2) is 0 Å². The Balaban J connectivity index is 4.33. The van der Waals surface area contributed by atoms with Gasteiger partial charge in [-0.1, -0.05) is 0 Å². The van der Waals surface area contributed by atoms with E-state index in [1.54, 1.807) is 13.0 Å². The van der Waals surface area contributed by atoms with Crippen molar-refractivity contribution >= 4 is 10.0 Å². The quantitative estimate of drug-likeness (QED) is 0.584. The first-order chi connectivity index (χ1) is 5.94. The van der Waals surface area contributed by atoms with Gasteiger partial charge in [-0.3, -0.25) is 0 Å². The van der Waals surface area contributed by atoms with Crippen LogP contribution in [0.3, 0.4) is 0 Å². The van der Waals surface area contributed by atoms with Gasteiger partial charge in [0, 0.05) is 14.2 Å². The number of ether oxygens (including phenoxy) is 1. The van der Waals surface area contributed by atoms with Crippen LogP contribution in [0.2, 0.25) is 0 Å². The lowest BCUT2D eigenvalue weighted by atomic mass is 10.5. The molecule has 0 unspecified atom stereocenters. The average Bonchev–Trinajstić information content (AvgIpc) is 2.04. The number of methoxy groups -OCH3 is 1. The first-order valence-corrected chi connectivity index (χ1v) is 5.38. The summed E-state index contributed by atoms with van der Waals surface area (Å²) in [6, 6.07) is 1.77. The molecule has 0 bridgehead atoms. The lowest BCUT2D eigenvalue weighted by molar-refractivity contribution is 0.135. The third-order valence-electron chi connectivity index (χ3n) is 1.62. The summed E-state index contributed by atoms with van der Waals surface area (Å²) in [5.41, 5.74) is 0. The maximum Gasteiger partial charge on any atom is 0.217 e. The van der Waals surface area contributed by atoms with Crippen molar-refractivity contribution in [1.29, 1.82) is 5.26 Å². The minimum Gasteiger partial charge on any atom is -0.381 e. The Kier molecular flexibility index (Phi) is 4.91. The van der Waals surface area contributed by atoms with Gasteiger partial charge in [0.1, 0.15) is 6.54 Å². The molecule has 0 aliphatic heterocycles. The van der Waals surface area contributed by atoms with Crippen molar-refractivity contribution in [1.82, 2.24) is 4.31 Å². The normalized spacial score (nSPS) is 14.1. The van der Waals surface area contributed by atoms with Crippen molar-refractivity contribution in [3.63, 3.8) is 0 Å². The van der Waals surface area contributed by atoms with E-state index < -0.39 is 10.0 Å². The van der Waals surface area contributed by atoms with E-state index in [1.807, 2.05) is 0 Å². The van der Waals surface area contributed by atoms with E-state index in [0.29, 0.717) is 0 Å². The fraction of sp³-hybridized carbons (Fsp3) is 0.857. The highest BCUT2D eigenvalue weighted by Gasteiger charge is 2.20. The second kappa shape index (κ2) is 5.17. The Morgan fingerprint density at radius 3 is 2.54 bits per heavy atom. The summed E-state index contributed by atoms with van der Waals surface area (Å²) in [4.78, 5) is 0. The van der Waals surface area contributed by atoms with E-state index in [0.717, 1.165) is 4.31 Å². The second-order valence-electron chi connectivity index (χ2n) is 2.74. The molecule has 0 saturated carbocycles. The molecule has 5 nitrogen and oxygen atoms in total. The molecule has 0 radical (unpaired) electrons. The van der Waals surface area contributed by atoms with Crippen LogP contribution in [0.1, 0.15) is 6.92 Å². The van der Waals surface area contributed by atoms with Gasteiger partial charge in [-0.25, -0.2) is 8.42 Å². The Morgan fingerprint density at radius 2 is 2.15 bits per heavy atom. The van der Waals surface area contributed by atoms with Crippen molar-refractivity contribution in [3.05, 3.63) is 0 Å². The van der Waals surface area contributed by atoms with E-state index in [1.165, 1.54) is 14.2 Å². The van der Waals surface area contributed by atoms with Crippen LogP contribution in [-0.4, -0.2) is 45.3 Å². The zero-order chi connectivity index (χ0) is 10.5. The smallest absolute Gasteiger partial charge is 0.217 e. The standard InChI is InChI=1S/C7H14N2O3S/c1-7(12-3)6-13(10,11)9(2)5-4-8/h7H,5-6H2,1-3H3/t7-/m1/s1. The lowest BCUT2D eigenvalue weighted by Gasteiger charge is -2.16. The summed E-state index contributed by atoms with van der Waals surface area (Å²) in [7, 11) is -0.523. The van der Waals surface area contributed by atoms with E-state index in [9.17, 15) is 8.42 Å². The third-order valence-corrected chi connectivity index (χ3v) is 3.59. The molecule has 0 aromatic carbocycles. The molecule has 0 fully saturated rings. The van der Waals surface area contributed by atoms with E-state index in [-0.39, 0.29) is 18.4 Å². The van der Waals surface area contributed by atoms with E-state index in [2.05, 4.69) is 0 Å². The molecule has 76 valence electrons. The van der Waals surface area contributed by atoms with Gasteiger partial charge in [0.15, 0.2) is 0 Å². The van der Waals surface area contributed by atoms with Crippen LogP contribution in [0.4, 0.5) is 0 Å². The number of rotatable bonds is 5. The summed E-state index contributed by atoms with van der Waals surface area (Å²) >= 11 is 0. The zero-order valence-electron chi connectivity index (χ0n) is 8.02. The molecule has 0 aromatic heterocycles. The molecule has 0 N–H and O–H groups in total. The van der Waals surface area contributed by atoms with Gasteiger partial charge in [-0.2, -0.15) is 9.57 Å². The molecule has 0 amide bonds. The molecule has 0 aliphatic rings. The van der Waals surface area contributed by atoms with Gasteiger partial charge in [-0.05, 0) is 6.92 Å². The van der Waals surface area contributed by atoms with Crippen molar-refractivity contribution in [3.8, 4) is 6.07 Å². The molecule has 0 rings (SSSR count). The Bertz CT molecular complexity index is 281. The van der Waals surface area contributed by atoms with Gasteiger partial charge in [0.05, 0.1) is 17.9 Å². The molecular weight excluding hydrogens is 192 g/mol. The van der Waals surface area contributed by atoms with Gasteiger partial charge >= 0.3 is 0 Å². The highest BCUT2D eigenvalue weighted by molar-refractivity contribution is 7.89. The predicted molar refractivity (Wildman–Crippen MR) is 48.5 cm³/mol. The van der Waals surface area contributed by atoms with Crippen molar-refractivity contribution in [2.24, 2.45) is 0 Å². The number of nitriles is 1. The summed E-state index contributed by atoms with van der Waals surface area (Å²) in [6.07, 6.45) is -0.355. The lowest BCUT2D eigenvalue weighted by Crippen LogP contribution is -2.33. The zero-order valence-corrected chi connectivity index (χ0v) is 8.84. The first-order valence-electron chi connectivity index (χ1n) is 3.77. The topological polar surface area (TPSA) is 70.4 Å². The second-order valence-corrected chi connectivity index (χ2v) is 4.86. The SMILES string of the molecule is CO[C@H](C)CS(=O)(=O)N(C)CC#N. The summed E-state index contributed by atoms with van der Waals surface area (Å²) in [6.45, 7) is 1.54. The number of hydrogen-bond donors (Lipinski definition) is 0. The number of hydrogen-bond acceptors (Lipinski definition) is 4. The fourth-order valence-corrected chi connectivity index (χ4v) is 1.93. The molecule has 0 heterocycles. The van der Waals surface area contributed by atoms with Crippen LogP contribution in [0.5, 0.6) is 0 Å². The van der Waals surface area contributed by atoms with Gasteiger partial charge in [0.2, 0.25) is 10.0 Å². The van der Waals surface area contributed by atoms with Crippen LogP contribution < -0.4 is 0 Å². The Morgan fingerprint density at radius 1 is 1.62 bits per heavy atom. The summed E-state index contributed by atoms with van der Waals surface area (Å²) in [5, 5.41) is 8.30. The molecule has 13 heavy (non-hydrogen) atoms. The molecule has 0 saturated heterocycles. The van der Waals surface area contributed by atoms with Gasteiger partial charge < -0.3 is 4.74 Å². The monoisotopic (exact) mass is 206 g/mol. The third kappa shape index (κ3) is 4.22. The molecular formula is C7H14N2O3S. The summed E-state index contributed by atoms with van der Waals surface area (Å²) in [5.74, 6) is -0.0956. The van der Waals surface area contributed by atoms with Crippen LogP contribution in [-0.2, 0) is 14.8 Å². The largest absolute Gasteiger partial charge is 0.381 e. The first kappa shape index (κ1) is 12.4. The van der Waals surface area contributed by atoms with E-state index in [4.69, 9.17) is 10.00 Å². The van der Waals surface area contributed by atoms with E-state index >= 15 is 0 Å². The number of nitrogens with zero attached hydrogens (tertiary/aromatic N) is 2. The van der Waals surface area contributed by atoms with Crippen molar-refractivity contribution in [2.45, 2.75) is 13.0 Å². The summed E-state index contributed by atoms with van der Waals surface area (Å²) < 4.78 is 28.6. The average molecular weight is 206 g/mol. The van der Waals surface area contributed by atoms with Crippen LogP contribution in [0.25, 0.3) is 0 Å². The van der Waals surface area contributed by atoms with Gasteiger partial charge in [-0.15, -0.1) is 0 Å². The van der Waals surface area contributed by atoms with Crippen molar-refractivity contribution < 1.29 is 13.2 Å². The van der Waals surface area contributed by atoms with Crippen LogP contribution >= 0.6 is 0 Å². The van der Waals surface area contributed by atoms with Crippen molar-refractivity contribution in [2.75, 3.05) is 26.5 Å². The maximum absolute atomic E-state index is 11.4. The molecule has 0 aromatic rings. The fourth-order valence-electron chi connectivity index (χ4n) is 0.690. The Labute approximate surface area is 79.0 Å². The molecule has 0 spiro atoms. The minimum atomic E-state index is -3.35. The molecule has 0 aliphatic carbocycles. The minimum absolute atomic E-state index is 0.0956. The molecule has 6 heteroatoms. The maximum atomic E-state index is 11.4. The highest BCUT2D eigenvalue weighted by atomic mass is 32.2. The highest BCUT2D eigenvalue weighted by Crippen LogP contribution is 2.01. The predicted octanol–water partition coefficient (Wildman–Crippen LogP) is -0.194.